The van der Waals surface area contributed by atoms with Gasteiger partial charge in [-0.2, -0.15) is 4.98 Å². The van der Waals surface area contributed by atoms with Gasteiger partial charge in [0.05, 0.1) is 5.92 Å². The highest BCUT2D eigenvalue weighted by molar-refractivity contribution is 5.55. The standard InChI is InChI=1S/C12H12FN3O/c1-7-2-3-8(4-10(7)13)11-15-12(17-16-11)9-5-14-6-9/h2-4,9,14H,5-6H2,1H3. The van der Waals surface area contributed by atoms with Crippen molar-refractivity contribution in [3.8, 4) is 11.4 Å². The minimum atomic E-state index is -0.251. The summed E-state index contributed by atoms with van der Waals surface area (Å²) in [6, 6.07) is 4.95. The number of hydrogen-bond acceptors (Lipinski definition) is 4. The van der Waals surface area contributed by atoms with Crippen molar-refractivity contribution in [2.75, 3.05) is 13.1 Å². The van der Waals surface area contributed by atoms with Crippen LogP contribution in [0.5, 0.6) is 0 Å². The normalized spacial score (nSPS) is 15.9. The van der Waals surface area contributed by atoms with Crippen molar-refractivity contribution < 1.29 is 8.91 Å². The van der Waals surface area contributed by atoms with E-state index in [4.69, 9.17) is 4.52 Å². The van der Waals surface area contributed by atoms with Gasteiger partial charge in [-0.3, -0.25) is 0 Å². The van der Waals surface area contributed by atoms with E-state index < -0.39 is 0 Å². The molecule has 1 aromatic heterocycles. The highest BCUT2D eigenvalue weighted by atomic mass is 19.1. The van der Waals surface area contributed by atoms with Gasteiger partial charge in [-0.05, 0) is 18.6 Å². The average Bonchev–Trinajstić information content (AvgIpc) is 2.69. The van der Waals surface area contributed by atoms with Crippen molar-refractivity contribution in [3.05, 3.63) is 35.5 Å². The van der Waals surface area contributed by atoms with Crippen molar-refractivity contribution in [1.29, 1.82) is 0 Å². The maximum Gasteiger partial charge on any atom is 0.232 e. The maximum atomic E-state index is 13.4. The fraction of sp³-hybridized carbons (Fsp3) is 0.333. The van der Waals surface area contributed by atoms with E-state index in [9.17, 15) is 4.39 Å². The van der Waals surface area contributed by atoms with Crippen molar-refractivity contribution in [2.24, 2.45) is 0 Å². The van der Waals surface area contributed by atoms with E-state index in [-0.39, 0.29) is 5.82 Å². The second-order valence-electron chi connectivity index (χ2n) is 4.28. The number of aryl methyl sites for hydroxylation is 1. The van der Waals surface area contributed by atoms with Crippen LogP contribution < -0.4 is 5.32 Å². The molecule has 1 aliphatic rings. The molecule has 2 heterocycles. The van der Waals surface area contributed by atoms with Crippen LogP contribution in [0.25, 0.3) is 11.4 Å². The molecule has 3 rings (SSSR count). The topological polar surface area (TPSA) is 51.0 Å². The molecule has 0 unspecified atom stereocenters. The summed E-state index contributed by atoms with van der Waals surface area (Å²) >= 11 is 0. The van der Waals surface area contributed by atoms with Crippen molar-refractivity contribution in [3.63, 3.8) is 0 Å². The van der Waals surface area contributed by atoms with Crippen LogP contribution in [0.1, 0.15) is 17.4 Å². The van der Waals surface area contributed by atoms with Crippen LogP contribution in [-0.4, -0.2) is 23.2 Å². The molecule has 1 aromatic carbocycles. The Hall–Kier alpha value is -1.75. The first-order valence-electron chi connectivity index (χ1n) is 5.55. The minimum absolute atomic E-state index is 0.251. The monoisotopic (exact) mass is 233 g/mol. The first kappa shape index (κ1) is 10.4. The Labute approximate surface area is 97.8 Å². The number of halogens is 1. The van der Waals surface area contributed by atoms with E-state index in [1.165, 1.54) is 6.07 Å². The molecule has 1 fully saturated rings. The molecule has 0 atom stereocenters. The Bertz CT molecular complexity index is 548. The Balaban J connectivity index is 1.92. The number of nitrogens with zero attached hydrogens (tertiary/aromatic N) is 2. The molecular weight excluding hydrogens is 221 g/mol. The molecule has 0 radical (unpaired) electrons. The third kappa shape index (κ3) is 1.82. The molecule has 0 amide bonds. The van der Waals surface area contributed by atoms with E-state index in [2.05, 4.69) is 15.5 Å². The SMILES string of the molecule is Cc1ccc(-c2noc(C3CNC3)n2)cc1F. The van der Waals surface area contributed by atoms with Gasteiger partial charge in [0.15, 0.2) is 0 Å². The number of aromatic nitrogens is 2. The van der Waals surface area contributed by atoms with Crippen LogP contribution in [0.15, 0.2) is 22.7 Å². The van der Waals surface area contributed by atoms with E-state index in [1.807, 2.05) is 0 Å². The van der Waals surface area contributed by atoms with Crippen LogP contribution in [0.2, 0.25) is 0 Å². The smallest absolute Gasteiger partial charge is 0.232 e. The molecule has 17 heavy (non-hydrogen) atoms. The summed E-state index contributed by atoms with van der Waals surface area (Å²) < 4.78 is 18.6. The van der Waals surface area contributed by atoms with E-state index >= 15 is 0 Å². The van der Waals surface area contributed by atoms with Crippen LogP contribution in [0, 0.1) is 12.7 Å². The lowest BCUT2D eigenvalue weighted by Crippen LogP contribution is -2.40. The van der Waals surface area contributed by atoms with E-state index in [1.54, 1.807) is 19.1 Å². The fourth-order valence-electron chi connectivity index (χ4n) is 1.71. The zero-order valence-corrected chi connectivity index (χ0v) is 9.40. The third-order valence-electron chi connectivity index (χ3n) is 3.00. The van der Waals surface area contributed by atoms with Crippen LogP contribution in [0.4, 0.5) is 4.39 Å². The van der Waals surface area contributed by atoms with E-state index in [0.29, 0.717) is 28.8 Å². The molecule has 4 nitrogen and oxygen atoms in total. The van der Waals surface area contributed by atoms with Gasteiger partial charge < -0.3 is 9.84 Å². The summed E-state index contributed by atoms with van der Waals surface area (Å²) in [5.74, 6) is 1.12. The second-order valence-corrected chi connectivity index (χ2v) is 4.28. The van der Waals surface area contributed by atoms with Crippen molar-refractivity contribution >= 4 is 0 Å². The summed E-state index contributed by atoms with van der Waals surface area (Å²) in [7, 11) is 0. The predicted octanol–water partition coefficient (Wildman–Crippen LogP) is 1.87. The van der Waals surface area contributed by atoms with E-state index in [0.717, 1.165) is 13.1 Å². The zero-order chi connectivity index (χ0) is 11.8. The molecular formula is C12H12FN3O. The lowest BCUT2D eigenvalue weighted by Gasteiger charge is -2.22. The molecule has 88 valence electrons. The maximum absolute atomic E-state index is 13.4. The molecule has 1 aliphatic heterocycles. The number of hydrogen-bond donors (Lipinski definition) is 1. The Morgan fingerprint density at radius 2 is 2.24 bits per heavy atom. The highest BCUT2D eigenvalue weighted by Crippen LogP contribution is 2.23. The first-order chi connectivity index (χ1) is 8.24. The Morgan fingerprint density at radius 3 is 2.88 bits per heavy atom. The molecule has 1 saturated heterocycles. The quantitative estimate of drug-likeness (QED) is 0.860. The summed E-state index contributed by atoms with van der Waals surface area (Å²) in [5.41, 5.74) is 1.26. The van der Waals surface area contributed by atoms with Gasteiger partial charge in [0.2, 0.25) is 11.7 Å². The van der Waals surface area contributed by atoms with Gasteiger partial charge in [0.25, 0.3) is 0 Å². The number of benzene rings is 1. The van der Waals surface area contributed by atoms with Gasteiger partial charge >= 0.3 is 0 Å². The lowest BCUT2D eigenvalue weighted by molar-refractivity contribution is 0.308. The molecule has 1 N–H and O–H groups in total. The Morgan fingerprint density at radius 1 is 1.41 bits per heavy atom. The van der Waals surface area contributed by atoms with Crippen LogP contribution in [0.3, 0.4) is 0 Å². The molecule has 0 aliphatic carbocycles. The van der Waals surface area contributed by atoms with Crippen LogP contribution >= 0.6 is 0 Å². The van der Waals surface area contributed by atoms with Gasteiger partial charge in [0.1, 0.15) is 5.82 Å². The van der Waals surface area contributed by atoms with Crippen molar-refractivity contribution in [1.82, 2.24) is 15.5 Å². The molecule has 5 heteroatoms. The van der Waals surface area contributed by atoms with Gasteiger partial charge in [-0.1, -0.05) is 17.3 Å². The summed E-state index contributed by atoms with van der Waals surface area (Å²) in [5, 5.41) is 7.02. The lowest BCUT2D eigenvalue weighted by atomic mass is 10.0. The fourth-order valence-corrected chi connectivity index (χ4v) is 1.71. The summed E-state index contributed by atoms with van der Waals surface area (Å²) in [6.45, 7) is 3.45. The predicted molar refractivity (Wildman–Crippen MR) is 60.0 cm³/mol. The van der Waals surface area contributed by atoms with Gasteiger partial charge in [0, 0.05) is 18.7 Å². The molecule has 0 saturated carbocycles. The molecule has 0 spiro atoms. The average molecular weight is 233 g/mol. The highest BCUT2D eigenvalue weighted by Gasteiger charge is 2.25. The summed E-state index contributed by atoms with van der Waals surface area (Å²) in [6.07, 6.45) is 0. The zero-order valence-electron chi connectivity index (χ0n) is 9.40. The largest absolute Gasteiger partial charge is 0.339 e. The first-order valence-corrected chi connectivity index (χ1v) is 5.55. The second kappa shape index (κ2) is 3.92. The number of nitrogens with one attached hydrogen (secondary N) is 1. The van der Waals surface area contributed by atoms with Gasteiger partial charge in [-0.15, -0.1) is 0 Å². The molecule has 2 aromatic rings. The van der Waals surface area contributed by atoms with Gasteiger partial charge in [-0.25, -0.2) is 4.39 Å². The van der Waals surface area contributed by atoms with Crippen molar-refractivity contribution in [2.45, 2.75) is 12.8 Å². The Kier molecular flexibility index (Phi) is 2.40. The molecule has 0 bridgehead atoms. The number of rotatable bonds is 2. The minimum Gasteiger partial charge on any atom is -0.339 e. The third-order valence-corrected chi connectivity index (χ3v) is 3.00. The summed E-state index contributed by atoms with van der Waals surface area (Å²) in [4.78, 5) is 4.29. The van der Waals surface area contributed by atoms with Crippen LogP contribution in [-0.2, 0) is 0 Å².